The van der Waals surface area contributed by atoms with Crippen molar-refractivity contribution in [1.29, 1.82) is 0 Å². The molecule has 0 atom stereocenters. The van der Waals surface area contributed by atoms with Crippen LogP contribution in [0.15, 0.2) is 146 Å². The molecular formula is C36H32O2Zr. The Kier molecular flexibility index (Phi) is 7.35. The van der Waals surface area contributed by atoms with Crippen LogP contribution in [0.3, 0.4) is 0 Å². The molecule has 192 valence electrons. The van der Waals surface area contributed by atoms with Crippen molar-refractivity contribution in [3.8, 4) is 33.8 Å². The van der Waals surface area contributed by atoms with Crippen LogP contribution in [0.25, 0.3) is 22.3 Å². The second kappa shape index (κ2) is 11.2. The quantitative estimate of drug-likeness (QED) is 0.204. The van der Waals surface area contributed by atoms with Gasteiger partial charge in [0.05, 0.1) is 0 Å². The molecule has 39 heavy (non-hydrogen) atoms. The van der Waals surface area contributed by atoms with Gasteiger partial charge < -0.3 is 0 Å². The van der Waals surface area contributed by atoms with E-state index in [9.17, 15) is 0 Å². The van der Waals surface area contributed by atoms with E-state index in [2.05, 4.69) is 160 Å². The van der Waals surface area contributed by atoms with Gasteiger partial charge in [-0.25, -0.2) is 0 Å². The van der Waals surface area contributed by atoms with Crippen molar-refractivity contribution in [2.75, 3.05) is 0 Å². The number of hydrogen-bond donors (Lipinski definition) is 0. The number of hydrogen-bond acceptors (Lipinski definition) is 2. The van der Waals surface area contributed by atoms with E-state index in [-0.39, 0.29) is 7.25 Å². The first-order valence-electron chi connectivity index (χ1n) is 13.5. The predicted octanol–water partition coefficient (Wildman–Crippen LogP) is 9.91. The topological polar surface area (TPSA) is 18.5 Å². The molecule has 0 saturated heterocycles. The molecule has 3 heteroatoms. The maximum absolute atomic E-state index is 7.38. The first-order valence-corrected chi connectivity index (χ1v) is 18.4. The molecule has 4 aromatic carbocycles. The van der Waals surface area contributed by atoms with Crippen molar-refractivity contribution in [2.45, 2.75) is 21.1 Å². The molecule has 2 aliphatic rings. The van der Waals surface area contributed by atoms with Crippen molar-refractivity contribution >= 4 is 0 Å². The van der Waals surface area contributed by atoms with Gasteiger partial charge in [0, 0.05) is 0 Å². The first-order chi connectivity index (χ1) is 19.1. The van der Waals surface area contributed by atoms with Crippen LogP contribution < -0.4 is 5.63 Å². The Labute approximate surface area is 237 Å². The van der Waals surface area contributed by atoms with Gasteiger partial charge in [-0.1, -0.05) is 0 Å². The van der Waals surface area contributed by atoms with Crippen LogP contribution in [0.1, 0.15) is 11.1 Å². The maximum atomic E-state index is 7.38. The third-order valence-electron chi connectivity index (χ3n) is 7.46. The van der Waals surface area contributed by atoms with Crippen molar-refractivity contribution < 1.29 is 26.8 Å². The Balaban J connectivity index is 1.49. The molecule has 0 aromatic heterocycles. The molecule has 2 aliphatic carbocycles. The van der Waals surface area contributed by atoms with Gasteiger partial charge in [0.1, 0.15) is 0 Å². The van der Waals surface area contributed by atoms with Crippen molar-refractivity contribution in [2.24, 2.45) is 0 Å². The zero-order chi connectivity index (χ0) is 26.7. The fourth-order valence-corrected chi connectivity index (χ4v) is 14.1. The van der Waals surface area contributed by atoms with Gasteiger partial charge in [0.15, 0.2) is 0 Å². The van der Waals surface area contributed by atoms with E-state index in [1.54, 1.807) is 0 Å². The average molecular weight is 588 g/mol. The van der Waals surface area contributed by atoms with Crippen molar-refractivity contribution in [3.63, 3.8) is 0 Å². The molecule has 0 N–H and O–H groups in total. The van der Waals surface area contributed by atoms with Crippen LogP contribution >= 0.6 is 0 Å². The Morgan fingerprint density at radius 3 is 1.21 bits per heavy atom. The molecule has 0 radical (unpaired) electrons. The van der Waals surface area contributed by atoms with E-state index < -0.39 is 21.1 Å². The third kappa shape index (κ3) is 5.29. The van der Waals surface area contributed by atoms with Crippen LogP contribution in [0.4, 0.5) is 0 Å². The number of para-hydroxylation sites is 2. The molecule has 0 amide bonds. The van der Waals surface area contributed by atoms with Crippen LogP contribution in [-0.4, -0.2) is 0 Å². The molecule has 0 aliphatic heterocycles. The first kappa shape index (κ1) is 25.6. The molecule has 0 unspecified atom stereocenters. The second-order valence-corrected chi connectivity index (χ2v) is 18.1. The summed E-state index contributed by atoms with van der Waals surface area (Å²) in [6.07, 6.45) is 17.6. The summed E-state index contributed by atoms with van der Waals surface area (Å²) >= 11 is -4.16. The molecule has 2 nitrogen and oxygen atoms in total. The van der Waals surface area contributed by atoms with E-state index >= 15 is 0 Å². The summed E-state index contributed by atoms with van der Waals surface area (Å²) in [5.41, 5.74) is 6.95. The molecule has 0 fully saturated rings. The molecular weight excluding hydrogens is 556 g/mol. The van der Waals surface area contributed by atoms with Gasteiger partial charge in [0.25, 0.3) is 0 Å². The van der Waals surface area contributed by atoms with Gasteiger partial charge in [-0.05, 0) is 0 Å². The fraction of sp³-hybridized carbons (Fsp3) is 0.111. The Bertz CT molecular complexity index is 1430. The molecule has 0 saturated carbocycles. The Hall–Kier alpha value is -3.68. The standard InChI is InChI=1S/2C13H12O.2C5H5.Zr/c2*1-10-6-8-11(9-7-10)12-4-2-3-5-13(12)14;2*1-2-4-5-3-1;/h2*2-9,14H,1H3;2*1-5H;/q;;;;+2/p-2. The Morgan fingerprint density at radius 1 is 0.462 bits per heavy atom. The minimum atomic E-state index is -4.16. The average Bonchev–Trinajstić information content (AvgIpc) is 3.70. The second-order valence-electron chi connectivity index (χ2n) is 10.2. The van der Waals surface area contributed by atoms with Crippen LogP contribution in [0.5, 0.6) is 11.5 Å². The molecule has 0 spiro atoms. The summed E-state index contributed by atoms with van der Waals surface area (Å²) in [4.78, 5) is 0. The number of benzene rings is 4. The predicted molar refractivity (Wildman–Crippen MR) is 159 cm³/mol. The van der Waals surface area contributed by atoms with Gasteiger partial charge >= 0.3 is 238 Å². The van der Waals surface area contributed by atoms with E-state index in [4.69, 9.17) is 5.63 Å². The summed E-state index contributed by atoms with van der Waals surface area (Å²) in [6, 6.07) is 34.1. The van der Waals surface area contributed by atoms with Gasteiger partial charge in [-0.3, -0.25) is 0 Å². The summed E-state index contributed by atoms with van der Waals surface area (Å²) in [5, 5.41) is 0. The molecule has 6 rings (SSSR count). The molecule has 0 bridgehead atoms. The monoisotopic (exact) mass is 586 g/mol. The van der Waals surface area contributed by atoms with E-state index in [0.717, 1.165) is 33.8 Å². The van der Waals surface area contributed by atoms with E-state index in [1.807, 2.05) is 0 Å². The minimum absolute atomic E-state index is 0.105. The van der Waals surface area contributed by atoms with E-state index in [0.29, 0.717) is 0 Å². The fourth-order valence-electron chi connectivity index (χ4n) is 5.31. The van der Waals surface area contributed by atoms with Gasteiger partial charge in [0.2, 0.25) is 0 Å². The zero-order valence-electron chi connectivity index (χ0n) is 22.3. The normalized spacial score (nSPS) is 14.8. The summed E-state index contributed by atoms with van der Waals surface area (Å²) < 4.78 is 15.0. The number of allylic oxidation sites excluding steroid dienone is 8. The van der Waals surface area contributed by atoms with Crippen LogP contribution in [-0.2, 0) is 21.1 Å². The van der Waals surface area contributed by atoms with E-state index in [1.165, 1.54) is 11.1 Å². The summed E-state index contributed by atoms with van der Waals surface area (Å²) in [7, 11) is 0. The summed E-state index contributed by atoms with van der Waals surface area (Å²) in [5.74, 6) is 1.76. The van der Waals surface area contributed by atoms with Crippen LogP contribution in [0.2, 0.25) is 7.25 Å². The van der Waals surface area contributed by atoms with Crippen LogP contribution in [0, 0.1) is 13.8 Å². The third-order valence-corrected chi connectivity index (χ3v) is 16.6. The van der Waals surface area contributed by atoms with Crippen molar-refractivity contribution in [3.05, 3.63) is 157 Å². The molecule has 0 heterocycles. The number of rotatable bonds is 8. The number of aryl methyl sites for hydroxylation is 2. The molecule has 4 aromatic rings. The van der Waals surface area contributed by atoms with Gasteiger partial charge in [-0.2, -0.15) is 0 Å². The van der Waals surface area contributed by atoms with Gasteiger partial charge in [-0.15, -0.1) is 0 Å². The Morgan fingerprint density at radius 2 is 0.821 bits per heavy atom. The van der Waals surface area contributed by atoms with Crippen molar-refractivity contribution in [1.82, 2.24) is 0 Å². The summed E-state index contributed by atoms with van der Waals surface area (Å²) in [6.45, 7) is 4.23. The zero-order valence-corrected chi connectivity index (χ0v) is 24.8. The SMILES string of the molecule is Cc1ccc(-c2ccccc2[O][Zr]([O]c2ccccc2-c2ccc(C)cc2)([CH]2C=CC=C2)[CH]2C=CC=C2)cc1.